The maximum absolute atomic E-state index is 16.0. The lowest BCUT2D eigenvalue weighted by Crippen LogP contribution is -2.61. The van der Waals surface area contributed by atoms with Gasteiger partial charge in [-0.05, 0) is 47.6 Å². The van der Waals surface area contributed by atoms with Crippen molar-refractivity contribution in [3.05, 3.63) is 48.4 Å². The number of piperidine rings is 1. The summed E-state index contributed by atoms with van der Waals surface area (Å²) in [6, 6.07) is 11.0. The van der Waals surface area contributed by atoms with Crippen LogP contribution in [0.1, 0.15) is 40.5 Å². The number of halogens is 1. The van der Waals surface area contributed by atoms with Crippen molar-refractivity contribution in [2.45, 2.75) is 57.7 Å². The molecular weight excluding hydrogens is 525 g/mol. The van der Waals surface area contributed by atoms with Gasteiger partial charge >= 0.3 is 0 Å². The van der Waals surface area contributed by atoms with Gasteiger partial charge in [0.25, 0.3) is 5.91 Å². The first-order valence-corrected chi connectivity index (χ1v) is 13.8. The molecule has 0 atom stereocenters. The van der Waals surface area contributed by atoms with Crippen molar-refractivity contribution in [2.75, 3.05) is 49.4 Å². The van der Waals surface area contributed by atoms with Crippen LogP contribution in [-0.4, -0.2) is 76.8 Å². The monoisotopic (exact) mass is 563 g/mol. The van der Waals surface area contributed by atoms with Gasteiger partial charge in [-0.25, -0.2) is 14.4 Å². The number of benzene rings is 1. The summed E-state index contributed by atoms with van der Waals surface area (Å²) in [7, 11) is 3.72. The summed E-state index contributed by atoms with van der Waals surface area (Å²) in [6.07, 6.45) is 3.22. The number of fused-ring (bicyclic) bond motifs is 1. The Morgan fingerprint density at radius 2 is 1.83 bits per heavy atom. The zero-order chi connectivity index (χ0) is 29.4. The SMILES string of the molecule is COCCN1C(=O)COc2cc(Nc3nc(NC4CC(C)(C)N(C)C(C)(C)C4)c(F)c(-c4ccccc4)n3)cnc21. The second-order valence-corrected chi connectivity index (χ2v) is 11.9. The lowest BCUT2D eigenvalue weighted by molar-refractivity contribution is -0.121. The number of carbonyl (C=O) groups excluding carboxylic acids is 1. The van der Waals surface area contributed by atoms with E-state index >= 15 is 4.39 Å². The highest BCUT2D eigenvalue weighted by atomic mass is 19.1. The Kier molecular flexibility index (Phi) is 7.85. The fraction of sp³-hybridized carbons (Fsp3) is 0.467. The molecule has 2 aromatic heterocycles. The van der Waals surface area contributed by atoms with E-state index in [4.69, 9.17) is 9.47 Å². The molecule has 2 N–H and O–H groups in total. The summed E-state index contributed by atoms with van der Waals surface area (Å²) in [5.41, 5.74) is 1.21. The first kappa shape index (κ1) is 28.7. The fourth-order valence-corrected chi connectivity index (χ4v) is 5.75. The number of nitrogens with one attached hydrogen (secondary N) is 2. The Balaban J connectivity index is 1.47. The molecule has 2 aliphatic heterocycles. The molecule has 2 aliphatic rings. The molecule has 4 heterocycles. The average molecular weight is 564 g/mol. The Morgan fingerprint density at radius 1 is 1.12 bits per heavy atom. The first-order chi connectivity index (χ1) is 19.5. The lowest BCUT2D eigenvalue weighted by Gasteiger charge is -2.53. The number of rotatable bonds is 8. The van der Waals surface area contributed by atoms with Crippen LogP contribution in [-0.2, 0) is 9.53 Å². The number of methoxy groups -OCH3 is 1. The molecule has 0 unspecified atom stereocenters. The molecule has 0 radical (unpaired) electrons. The van der Waals surface area contributed by atoms with Crippen LogP contribution >= 0.6 is 0 Å². The number of aromatic nitrogens is 3. The van der Waals surface area contributed by atoms with Crippen LogP contribution in [0.4, 0.5) is 27.7 Å². The number of pyridine rings is 1. The van der Waals surface area contributed by atoms with Crippen molar-refractivity contribution in [3.8, 4) is 17.0 Å². The third-order valence-electron chi connectivity index (χ3n) is 8.06. The number of amides is 1. The minimum absolute atomic E-state index is 0.00602. The third kappa shape index (κ3) is 5.96. The van der Waals surface area contributed by atoms with Crippen molar-refractivity contribution in [2.24, 2.45) is 0 Å². The number of anilines is 4. The minimum Gasteiger partial charge on any atom is -0.480 e. The number of likely N-dealkylation sites (tertiary alicyclic amines) is 1. The van der Waals surface area contributed by atoms with E-state index in [0.717, 1.165) is 12.8 Å². The second kappa shape index (κ2) is 11.2. The molecule has 1 amide bonds. The largest absolute Gasteiger partial charge is 0.480 e. The topological polar surface area (TPSA) is 105 Å². The van der Waals surface area contributed by atoms with Crippen molar-refractivity contribution in [1.29, 1.82) is 0 Å². The smallest absolute Gasteiger partial charge is 0.266 e. The van der Waals surface area contributed by atoms with Crippen molar-refractivity contribution in [1.82, 2.24) is 19.9 Å². The number of nitrogens with zero attached hydrogens (tertiary/aromatic N) is 5. The van der Waals surface area contributed by atoms with Gasteiger partial charge in [-0.1, -0.05) is 30.3 Å². The Bertz CT molecular complexity index is 1400. The molecule has 1 aromatic carbocycles. The highest BCUT2D eigenvalue weighted by molar-refractivity contribution is 5.97. The van der Waals surface area contributed by atoms with E-state index in [-0.39, 0.29) is 47.1 Å². The Morgan fingerprint density at radius 3 is 2.51 bits per heavy atom. The van der Waals surface area contributed by atoms with Gasteiger partial charge in [-0.3, -0.25) is 14.6 Å². The number of ether oxygens (including phenoxy) is 2. The van der Waals surface area contributed by atoms with Crippen LogP contribution in [0.15, 0.2) is 42.6 Å². The Labute approximate surface area is 240 Å². The van der Waals surface area contributed by atoms with E-state index in [0.29, 0.717) is 36.0 Å². The van der Waals surface area contributed by atoms with E-state index in [2.05, 4.69) is 65.2 Å². The van der Waals surface area contributed by atoms with Crippen LogP contribution in [0, 0.1) is 5.82 Å². The molecule has 0 bridgehead atoms. The van der Waals surface area contributed by atoms with E-state index in [1.807, 2.05) is 30.3 Å². The van der Waals surface area contributed by atoms with E-state index in [1.165, 1.54) is 0 Å². The highest BCUT2D eigenvalue weighted by Crippen LogP contribution is 2.39. The maximum Gasteiger partial charge on any atom is 0.266 e. The van der Waals surface area contributed by atoms with Crippen LogP contribution in [0.3, 0.4) is 0 Å². The quantitative estimate of drug-likeness (QED) is 0.398. The normalized spacial score (nSPS) is 18.5. The van der Waals surface area contributed by atoms with E-state index in [1.54, 1.807) is 24.3 Å². The predicted octanol–water partition coefficient (Wildman–Crippen LogP) is 4.86. The molecule has 41 heavy (non-hydrogen) atoms. The molecule has 0 saturated carbocycles. The summed E-state index contributed by atoms with van der Waals surface area (Å²) in [5.74, 6) is 0.530. The highest BCUT2D eigenvalue weighted by Gasteiger charge is 2.43. The summed E-state index contributed by atoms with van der Waals surface area (Å²) in [5, 5.41) is 6.58. The number of carbonyl (C=O) groups is 1. The standard InChI is InChI=1S/C30H38FN7O3/c1-29(2)15-21(16-30(3,4)37(29)5)33-26-24(31)25(19-10-8-7-9-11-19)35-28(36-26)34-20-14-22-27(32-17-20)38(12-13-40-6)23(39)18-41-22/h7-11,14,17,21H,12-13,15-16,18H2,1-6H3,(H2,33,34,35,36). The maximum atomic E-state index is 16.0. The lowest BCUT2D eigenvalue weighted by atomic mass is 9.77. The van der Waals surface area contributed by atoms with Gasteiger partial charge in [0.05, 0.1) is 25.0 Å². The van der Waals surface area contributed by atoms with Crippen molar-refractivity contribution < 1.29 is 18.7 Å². The Hall–Kier alpha value is -3.83. The third-order valence-corrected chi connectivity index (χ3v) is 8.06. The predicted molar refractivity (Wildman–Crippen MR) is 157 cm³/mol. The molecule has 0 aliphatic carbocycles. The number of hydrogen-bond acceptors (Lipinski definition) is 9. The van der Waals surface area contributed by atoms with Crippen molar-refractivity contribution >= 4 is 29.2 Å². The molecule has 218 valence electrons. The molecule has 0 spiro atoms. The van der Waals surface area contributed by atoms with Gasteiger partial charge in [-0.2, -0.15) is 4.98 Å². The van der Waals surface area contributed by atoms with Crippen LogP contribution in [0.2, 0.25) is 0 Å². The molecular formula is C30H38FN7O3. The van der Waals surface area contributed by atoms with Crippen LogP contribution < -0.4 is 20.3 Å². The van der Waals surface area contributed by atoms with Gasteiger partial charge in [0.2, 0.25) is 5.95 Å². The first-order valence-electron chi connectivity index (χ1n) is 13.8. The van der Waals surface area contributed by atoms with E-state index in [9.17, 15) is 4.79 Å². The van der Waals surface area contributed by atoms with Gasteiger partial charge in [0.1, 0.15) is 5.69 Å². The van der Waals surface area contributed by atoms with Gasteiger partial charge in [-0.15, -0.1) is 0 Å². The van der Waals surface area contributed by atoms with Gasteiger partial charge < -0.3 is 20.1 Å². The summed E-state index contributed by atoms with van der Waals surface area (Å²) < 4.78 is 26.8. The van der Waals surface area contributed by atoms with Gasteiger partial charge in [0, 0.05) is 35.9 Å². The summed E-state index contributed by atoms with van der Waals surface area (Å²) >= 11 is 0. The summed E-state index contributed by atoms with van der Waals surface area (Å²) in [4.78, 5) is 29.9. The van der Waals surface area contributed by atoms with E-state index < -0.39 is 5.82 Å². The zero-order valence-corrected chi connectivity index (χ0v) is 24.5. The zero-order valence-electron chi connectivity index (χ0n) is 24.5. The second-order valence-electron chi connectivity index (χ2n) is 11.9. The molecule has 3 aromatic rings. The van der Waals surface area contributed by atoms with Crippen molar-refractivity contribution in [3.63, 3.8) is 0 Å². The molecule has 5 rings (SSSR count). The molecule has 10 nitrogen and oxygen atoms in total. The average Bonchev–Trinajstić information content (AvgIpc) is 2.93. The van der Waals surface area contributed by atoms with Crippen LogP contribution in [0.5, 0.6) is 5.75 Å². The minimum atomic E-state index is -0.504. The summed E-state index contributed by atoms with van der Waals surface area (Å²) in [6.45, 7) is 9.47. The number of hydrogen-bond donors (Lipinski definition) is 2. The van der Waals surface area contributed by atoms with Gasteiger partial charge in [0.15, 0.2) is 29.8 Å². The van der Waals surface area contributed by atoms with Crippen LogP contribution in [0.25, 0.3) is 11.3 Å². The molecule has 1 saturated heterocycles. The molecule has 1 fully saturated rings. The molecule has 11 heteroatoms. The fourth-order valence-electron chi connectivity index (χ4n) is 5.75.